The SMILES string of the molecule is CCC(=O)C1=CNCC=N1. The van der Waals surface area contributed by atoms with Gasteiger partial charge in [-0.1, -0.05) is 6.92 Å². The highest BCUT2D eigenvalue weighted by Gasteiger charge is 2.05. The summed E-state index contributed by atoms with van der Waals surface area (Å²) in [4.78, 5) is 14.9. The second-order valence-corrected chi connectivity index (χ2v) is 2.03. The van der Waals surface area contributed by atoms with Gasteiger partial charge in [-0.05, 0) is 0 Å². The number of carbonyl (C=O) groups is 1. The Hall–Kier alpha value is -1.12. The molecule has 0 fully saturated rings. The predicted octanol–water partition coefficient (Wildman–Crippen LogP) is 0.481. The third-order valence-corrected chi connectivity index (χ3v) is 1.29. The third kappa shape index (κ3) is 1.43. The first-order valence-electron chi connectivity index (χ1n) is 3.34. The molecular formula is C7H10N2O. The number of ketones is 1. The van der Waals surface area contributed by atoms with Crippen LogP contribution in [0, 0.1) is 0 Å². The summed E-state index contributed by atoms with van der Waals surface area (Å²) in [5.74, 6) is 0.0865. The van der Waals surface area contributed by atoms with Gasteiger partial charge in [0.05, 0.1) is 0 Å². The van der Waals surface area contributed by atoms with Gasteiger partial charge in [0.15, 0.2) is 5.78 Å². The fraction of sp³-hybridized carbons (Fsp3) is 0.429. The number of aliphatic imine (C=N–C) groups is 1. The van der Waals surface area contributed by atoms with Crippen LogP contribution in [0.15, 0.2) is 16.9 Å². The molecule has 0 spiro atoms. The fourth-order valence-corrected chi connectivity index (χ4v) is 0.723. The number of carbonyl (C=O) groups excluding carboxylic acids is 1. The van der Waals surface area contributed by atoms with Gasteiger partial charge in [-0.15, -0.1) is 0 Å². The van der Waals surface area contributed by atoms with Crippen LogP contribution < -0.4 is 5.32 Å². The molecule has 1 aliphatic heterocycles. The van der Waals surface area contributed by atoms with E-state index in [0.29, 0.717) is 12.1 Å². The summed E-state index contributed by atoms with van der Waals surface area (Å²) in [6, 6.07) is 0. The van der Waals surface area contributed by atoms with Crippen LogP contribution >= 0.6 is 0 Å². The van der Waals surface area contributed by atoms with E-state index in [1.807, 2.05) is 6.92 Å². The lowest BCUT2D eigenvalue weighted by atomic mass is 10.2. The van der Waals surface area contributed by atoms with Crippen LogP contribution in [-0.2, 0) is 4.79 Å². The van der Waals surface area contributed by atoms with E-state index in [0.717, 1.165) is 6.54 Å². The second-order valence-electron chi connectivity index (χ2n) is 2.03. The summed E-state index contributed by atoms with van der Waals surface area (Å²) in [5.41, 5.74) is 0.536. The van der Waals surface area contributed by atoms with Gasteiger partial charge in [0.25, 0.3) is 0 Å². The Morgan fingerprint density at radius 3 is 3.20 bits per heavy atom. The van der Waals surface area contributed by atoms with Crippen LogP contribution in [0.5, 0.6) is 0 Å². The van der Waals surface area contributed by atoms with Crippen molar-refractivity contribution in [2.75, 3.05) is 6.54 Å². The predicted molar refractivity (Wildman–Crippen MR) is 39.9 cm³/mol. The summed E-state index contributed by atoms with van der Waals surface area (Å²) in [6.07, 6.45) is 3.87. The maximum atomic E-state index is 10.9. The Bertz CT molecular complexity index is 194. The zero-order valence-corrected chi connectivity index (χ0v) is 5.92. The maximum absolute atomic E-state index is 10.9. The highest BCUT2D eigenvalue weighted by molar-refractivity contribution is 5.96. The average molecular weight is 138 g/mol. The van der Waals surface area contributed by atoms with Gasteiger partial charge in [0.2, 0.25) is 0 Å². The molecule has 10 heavy (non-hydrogen) atoms. The highest BCUT2D eigenvalue weighted by Crippen LogP contribution is 2.01. The molecule has 3 heteroatoms. The topological polar surface area (TPSA) is 41.5 Å². The zero-order chi connectivity index (χ0) is 7.40. The van der Waals surface area contributed by atoms with Crippen LogP contribution in [0.2, 0.25) is 0 Å². The van der Waals surface area contributed by atoms with Crippen molar-refractivity contribution in [3.63, 3.8) is 0 Å². The van der Waals surface area contributed by atoms with Crippen LogP contribution in [0.25, 0.3) is 0 Å². The summed E-state index contributed by atoms with van der Waals surface area (Å²) in [7, 11) is 0. The first-order valence-corrected chi connectivity index (χ1v) is 3.34. The lowest BCUT2D eigenvalue weighted by Gasteiger charge is -2.04. The average Bonchev–Trinajstić information content (AvgIpc) is 2.05. The van der Waals surface area contributed by atoms with Crippen LogP contribution in [0.3, 0.4) is 0 Å². The molecule has 0 atom stereocenters. The number of Topliss-reactive ketones (excluding diaryl/α,β-unsaturated/α-hetero) is 1. The first kappa shape index (κ1) is 6.99. The van der Waals surface area contributed by atoms with E-state index >= 15 is 0 Å². The lowest BCUT2D eigenvalue weighted by molar-refractivity contribution is -0.115. The van der Waals surface area contributed by atoms with E-state index in [4.69, 9.17) is 0 Å². The second kappa shape index (κ2) is 3.15. The van der Waals surface area contributed by atoms with E-state index < -0.39 is 0 Å². The van der Waals surface area contributed by atoms with Crippen molar-refractivity contribution in [1.82, 2.24) is 5.32 Å². The number of nitrogens with one attached hydrogen (secondary N) is 1. The summed E-state index contributed by atoms with van der Waals surface area (Å²) < 4.78 is 0. The monoisotopic (exact) mass is 138 g/mol. The van der Waals surface area contributed by atoms with E-state index in [2.05, 4.69) is 10.3 Å². The number of allylic oxidation sites excluding steroid dienone is 1. The Balaban J connectivity index is 2.63. The molecule has 0 radical (unpaired) electrons. The summed E-state index contributed by atoms with van der Waals surface area (Å²) in [6.45, 7) is 2.55. The van der Waals surface area contributed by atoms with Crippen LogP contribution in [0.4, 0.5) is 0 Å². The Kier molecular flexibility index (Phi) is 2.20. The Labute approximate surface area is 59.8 Å². The molecule has 0 saturated heterocycles. The van der Waals surface area contributed by atoms with Crippen molar-refractivity contribution in [1.29, 1.82) is 0 Å². The van der Waals surface area contributed by atoms with Gasteiger partial charge in [0, 0.05) is 25.4 Å². The Morgan fingerprint density at radius 1 is 1.90 bits per heavy atom. The first-order chi connectivity index (χ1) is 4.84. The fourth-order valence-electron chi connectivity index (χ4n) is 0.723. The van der Waals surface area contributed by atoms with E-state index in [9.17, 15) is 4.79 Å². The van der Waals surface area contributed by atoms with Crippen molar-refractivity contribution in [2.45, 2.75) is 13.3 Å². The van der Waals surface area contributed by atoms with Gasteiger partial charge in [-0.3, -0.25) is 9.79 Å². The molecular weight excluding hydrogens is 128 g/mol. The van der Waals surface area contributed by atoms with Crippen molar-refractivity contribution in [2.24, 2.45) is 4.99 Å². The van der Waals surface area contributed by atoms with Gasteiger partial charge < -0.3 is 5.32 Å². The van der Waals surface area contributed by atoms with Gasteiger partial charge in [-0.2, -0.15) is 0 Å². The molecule has 0 saturated carbocycles. The molecule has 0 aliphatic carbocycles. The van der Waals surface area contributed by atoms with Crippen molar-refractivity contribution < 1.29 is 4.79 Å². The number of hydrogen-bond donors (Lipinski definition) is 1. The molecule has 0 bridgehead atoms. The largest absolute Gasteiger partial charge is 0.384 e. The number of rotatable bonds is 2. The number of nitrogens with zero attached hydrogens (tertiary/aromatic N) is 1. The molecule has 1 aliphatic rings. The van der Waals surface area contributed by atoms with Gasteiger partial charge in [0.1, 0.15) is 5.70 Å². The minimum absolute atomic E-state index is 0.0865. The van der Waals surface area contributed by atoms with E-state index in [-0.39, 0.29) is 5.78 Å². The standard InChI is InChI=1S/C7H10N2O/c1-2-7(10)6-5-8-3-4-9-6/h4-5,8H,2-3H2,1H3. The van der Waals surface area contributed by atoms with E-state index in [1.54, 1.807) is 12.4 Å². The van der Waals surface area contributed by atoms with Crippen molar-refractivity contribution in [3.05, 3.63) is 11.9 Å². The number of hydrogen-bond acceptors (Lipinski definition) is 3. The van der Waals surface area contributed by atoms with Gasteiger partial charge in [-0.25, -0.2) is 0 Å². The van der Waals surface area contributed by atoms with Crippen molar-refractivity contribution in [3.8, 4) is 0 Å². The highest BCUT2D eigenvalue weighted by atomic mass is 16.1. The molecule has 1 rings (SSSR count). The smallest absolute Gasteiger partial charge is 0.182 e. The quantitative estimate of drug-likeness (QED) is 0.603. The molecule has 1 heterocycles. The molecule has 3 nitrogen and oxygen atoms in total. The Morgan fingerprint density at radius 2 is 2.70 bits per heavy atom. The molecule has 0 amide bonds. The molecule has 0 aromatic carbocycles. The van der Waals surface area contributed by atoms with Crippen LogP contribution in [0.1, 0.15) is 13.3 Å². The lowest BCUT2D eigenvalue weighted by Crippen LogP contribution is -2.16. The van der Waals surface area contributed by atoms with Crippen molar-refractivity contribution >= 4 is 12.0 Å². The molecule has 1 N–H and O–H groups in total. The minimum atomic E-state index is 0.0865. The van der Waals surface area contributed by atoms with E-state index in [1.165, 1.54) is 0 Å². The summed E-state index contributed by atoms with van der Waals surface area (Å²) in [5, 5.41) is 2.92. The minimum Gasteiger partial charge on any atom is -0.384 e. The van der Waals surface area contributed by atoms with Crippen LogP contribution in [-0.4, -0.2) is 18.5 Å². The third-order valence-electron chi connectivity index (χ3n) is 1.29. The summed E-state index contributed by atoms with van der Waals surface area (Å²) >= 11 is 0. The molecule has 54 valence electrons. The zero-order valence-electron chi connectivity index (χ0n) is 5.92. The van der Waals surface area contributed by atoms with Gasteiger partial charge >= 0.3 is 0 Å². The molecule has 0 aromatic rings. The maximum Gasteiger partial charge on any atom is 0.182 e. The molecule has 0 aromatic heterocycles. The normalized spacial score (nSPS) is 15.9. The molecule has 0 unspecified atom stereocenters.